The number of aryl methyl sites for hydroxylation is 1. The zero-order valence-corrected chi connectivity index (χ0v) is 9.77. The third-order valence-electron chi connectivity index (χ3n) is 2.15. The molecule has 1 heterocycles. The molecule has 0 aliphatic heterocycles. The average molecular weight is 239 g/mol. The number of tetrazole rings is 1. The van der Waals surface area contributed by atoms with Gasteiger partial charge in [-0.25, -0.2) is 0 Å². The van der Waals surface area contributed by atoms with Gasteiger partial charge in [-0.2, -0.15) is 4.80 Å². The summed E-state index contributed by atoms with van der Waals surface area (Å²) in [5.74, 6) is 1.19. The molecule has 0 N–H and O–H groups in total. The van der Waals surface area contributed by atoms with Gasteiger partial charge >= 0.3 is 0 Å². The van der Waals surface area contributed by atoms with Crippen LogP contribution in [-0.2, 0) is 6.54 Å². The van der Waals surface area contributed by atoms with Crippen LogP contribution in [-0.4, -0.2) is 27.3 Å². The maximum Gasteiger partial charge on any atom is 0.204 e. The minimum atomic E-state index is 0.535. The molecule has 0 aliphatic carbocycles. The molecule has 0 bridgehead atoms. The number of hydrogen-bond donors (Lipinski definition) is 0. The van der Waals surface area contributed by atoms with Gasteiger partial charge in [0.05, 0.1) is 18.7 Å². The third-order valence-corrected chi connectivity index (χ3v) is 2.44. The summed E-state index contributed by atoms with van der Waals surface area (Å²) < 4.78 is 5.07. The Kier molecular flexibility index (Phi) is 3.05. The number of hydrogen-bond acceptors (Lipinski definition) is 4. The molecule has 0 amide bonds. The Morgan fingerprint density at radius 1 is 1.44 bits per heavy atom. The topological polar surface area (TPSA) is 52.8 Å². The van der Waals surface area contributed by atoms with E-state index in [1.807, 2.05) is 13.0 Å². The summed E-state index contributed by atoms with van der Waals surface area (Å²) in [5, 5.41) is 12.5. The van der Waals surface area contributed by atoms with Crippen molar-refractivity contribution in [2.75, 3.05) is 7.11 Å². The van der Waals surface area contributed by atoms with Gasteiger partial charge in [-0.05, 0) is 30.3 Å². The molecule has 0 radical (unpaired) electrons. The molecule has 0 unspecified atom stereocenters. The van der Waals surface area contributed by atoms with Crippen LogP contribution in [0.1, 0.15) is 6.92 Å². The minimum Gasteiger partial charge on any atom is -0.495 e. The Bertz CT molecular complexity index is 497. The van der Waals surface area contributed by atoms with Crippen molar-refractivity contribution in [3.63, 3.8) is 0 Å². The summed E-state index contributed by atoms with van der Waals surface area (Å²) in [5.41, 5.74) is 0.825. The van der Waals surface area contributed by atoms with Crippen LogP contribution in [0, 0.1) is 0 Å². The highest BCUT2D eigenvalue weighted by molar-refractivity contribution is 6.32. The number of halogens is 1. The van der Waals surface area contributed by atoms with Crippen molar-refractivity contribution in [3.05, 3.63) is 23.2 Å². The summed E-state index contributed by atoms with van der Waals surface area (Å²) in [6, 6.07) is 5.39. The van der Waals surface area contributed by atoms with Gasteiger partial charge in [0.1, 0.15) is 5.75 Å². The molecule has 1 aromatic carbocycles. The molecule has 2 aromatic rings. The lowest BCUT2D eigenvalue weighted by molar-refractivity contribution is 0.415. The monoisotopic (exact) mass is 238 g/mol. The zero-order chi connectivity index (χ0) is 11.5. The van der Waals surface area contributed by atoms with Crippen molar-refractivity contribution in [2.24, 2.45) is 0 Å². The van der Waals surface area contributed by atoms with Gasteiger partial charge < -0.3 is 4.74 Å². The first-order valence-corrected chi connectivity index (χ1v) is 5.24. The van der Waals surface area contributed by atoms with Crippen LogP contribution in [0.15, 0.2) is 18.2 Å². The first-order chi connectivity index (χ1) is 7.74. The Labute approximate surface area is 98.0 Å². The molecule has 2 rings (SSSR count). The van der Waals surface area contributed by atoms with E-state index in [2.05, 4.69) is 15.4 Å². The van der Waals surface area contributed by atoms with Crippen molar-refractivity contribution in [1.82, 2.24) is 20.2 Å². The molecule has 84 valence electrons. The van der Waals surface area contributed by atoms with Crippen LogP contribution < -0.4 is 4.74 Å². The zero-order valence-electron chi connectivity index (χ0n) is 9.01. The van der Waals surface area contributed by atoms with Gasteiger partial charge in [0.15, 0.2) is 0 Å². The number of rotatable bonds is 3. The van der Waals surface area contributed by atoms with E-state index in [9.17, 15) is 0 Å². The maximum atomic E-state index is 6.01. The first-order valence-electron chi connectivity index (χ1n) is 4.86. The molecule has 0 aliphatic rings. The molecule has 0 spiro atoms. The average Bonchev–Trinajstić information content (AvgIpc) is 2.77. The second-order valence-electron chi connectivity index (χ2n) is 3.15. The molecule has 16 heavy (non-hydrogen) atoms. The Morgan fingerprint density at radius 3 is 2.81 bits per heavy atom. The summed E-state index contributed by atoms with van der Waals surface area (Å²) >= 11 is 6.01. The van der Waals surface area contributed by atoms with E-state index in [1.165, 1.54) is 4.80 Å². The summed E-state index contributed by atoms with van der Waals surface area (Å²) in [6.45, 7) is 2.64. The van der Waals surface area contributed by atoms with Crippen LogP contribution >= 0.6 is 11.6 Å². The highest BCUT2D eigenvalue weighted by Gasteiger charge is 2.08. The Hall–Kier alpha value is -1.62. The van der Waals surface area contributed by atoms with E-state index < -0.39 is 0 Å². The smallest absolute Gasteiger partial charge is 0.204 e. The predicted octanol–water partition coefficient (Wildman–Crippen LogP) is 2.02. The van der Waals surface area contributed by atoms with E-state index >= 15 is 0 Å². The van der Waals surface area contributed by atoms with Crippen LogP contribution in [0.3, 0.4) is 0 Å². The fourth-order valence-corrected chi connectivity index (χ4v) is 1.56. The maximum absolute atomic E-state index is 6.01. The standard InChI is InChI=1S/C10H11ClN4O/c1-3-15-13-10(12-14-15)7-4-5-9(16-2)8(11)6-7/h4-6H,3H2,1-2H3. The van der Waals surface area contributed by atoms with Crippen molar-refractivity contribution in [2.45, 2.75) is 13.5 Å². The van der Waals surface area contributed by atoms with E-state index in [4.69, 9.17) is 16.3 Å². The highest BCUT2D eigenvalue weighted by atomic mass is 35.5. The van der Waals surface area contributed by atoms with Gasteiger partial charge in [-0.3, -0.25) is 0 Å². The van der Waals surface area contributed by atoms with Gasteiger partial charge in [0.2, 0.25) is 5.82 Å². The SMILES string of the molecule is CCn1nnc(-c2ccc(OC)c(Cl)c2)n1. The number of ether oxygens (including phenoxy) is 1. The lowest BCUT2D eigenvalue weighted by atomic mass is 10.2. The number of benzene rings is 1. The van der Waals surface area contributed by atoms with Crippen molar-refractivity contribution < 1.29 is 4.74 Å². The van der Waals surface area contributed by atoms with Crippen molar-refractivity contribution >= 4 is 11.6 Å². The summed E-state index contributed by atoms with van der Waals surface area (Å²) in [6.07, 6.45) is 0. The number of aromatic nitrogens is 4. The third kappa shape index (κ3) is 1.99. The predicted molar refractivity (Wildman–Crippen MR) is 60.5 cm³/mol. The van der Waals surface area contributed by atoms with Gasteiger partial charge in [0, 0.05) is 5.56 Å². The minimum absolute atomic E-state index is 0.535. The number of nitrogens with zero attached hydrogens (tertiary/aromatic N) is 4. The van der Waals surface area contributed by atoms with E-state index in [-0.39, 0.29) is 0 Å². The van der Waals surface area contributed by atoms with Crippen LogP contribution in [0.2, 0.25) is 5.02 Å². The van der Waals surface area contributed by atoms with Crippen LogP contribution in [0.25, 0.3) is 11.4 Å². The van der Waals surface area contributed by atoms with Crippen LogP contribution in [0.4, 0.5) is 0 Å². The van der Waals surface area contributed by atoms with Crippen molar-refractivity contribution in [1.29, 1.82) is 0 Å². The van der Waals surface area contributed by atoms with E-state index in [0.717, 1.165) is 5.56 Å². The summed E-state index contributed by atoms with van der Waals surface area (Å²) in [4.78, 5) is 1.52. The molecule has 0 fully saturated rings. The fraction of sp³-hybridized carbons (Fsp3) is 0.300. The first kappa shape index (κ1) is 10.9. The van der Waals surface area contributed by atoms with Gasteiger partial charge in [-0.1, -0.05) is 11.6 Å². The quantitative estimate of drug-likeness (QED) is 0.821. The molecule has 6 heteroatoms. The fourth-order valence-electron chi connectivity index (χ4n) is 1.30. The van der Waals surface area contributed by atoms with E-state index in [1.54, 1.807) is 19.2 Å². The van der Waals surface area contributed by atoms with Crippen molar-refractivity contribution in [3.8, 4) is 17.1 Å². The molecule has 0 atom stereocenters. The second kappa shape index (κ2) is 4.49. The molecule has 0 saturated carbocycles. The molecule has 1 aromatic heterocycles. The van der Waals surface area contributed by atoms with Gasteiger partial charge in [0.25, 0.3) is 0 Å². The highest BCUT2D eigenvalue weighted by Crippen LogP contribution is 2.28. The Morgan fingerprint density at radius 2 is 2.25 bits per heavy atom. The normalized spacial score (nSPS) is 10.4. The molecular formula is C10H11ClN4O. The largest absolute Gasteiger partial charge is 0.495 e. The van der Waals surface area contributed by atoms with Gasteiger partial charge in [-0.15, -0.1) is 10.2 Å². The van der Waals surface area contributed by atoms with Crippen LogP contribution in [0.5, 0.6) is 5.75 Å². The lowest BCUT2D eigenvalue weighted by Gasteiger charge is -2.02. The molecule has 0 saturated heterocycles. The second-order valence-corrected chi connectivity index (χ2v) is 3.56. The Balaban J connectivity index is 2.37. The van der Waals surface area contributed by atoms with E-state index in [0.29, 0.717) is 23.1 Å². The molecular weight excluding hydrogens is 228 g/mol. The number of methoxy groups -OCH3 is 1. The summed E-state index contributed by atoms with van der Waals surface area (Å²) in [7, 11) is 1.58. The molecule has 5 nitrogen and oxygen atoms in total. The lowest BCUT2D eigenvalue weighted by Crippen LogP contribution is -1.98.